The molecule has 8 heteroatoms. The fourth-order valence-corrected chi connectivity index (χ4v) is 4.01. The van der Waals surface area contributed by atoms with Crippen molar-refractivity contribution >= 4 is 28.5 Å². The van der Waals surface area contributed by atoms with Gasteiger partial charge < -0.3 is 9.73 Å². The second kappa shape index (κ2) is 10.5. The van der Waals surface area contributed by atoms with Gasteiger partial charge >= 0.3 is 0 Å². The summed E-state index contributed by atoms with van der Waals surface area (Å²) in [5.74, 6) is 0.916. The van der Waals surface area contributed by atoms with E-state index in [4.69, 9.17) is 4.42 Å². The first-order chi connectivity index (χ1) is 16.8. The van der Waals surface area contributed by atoms with Gasteiger partial charge in [0.2, 0.25) is 5.91 Å². The summed E-state index contributed by atoms with van der Waals surface area (Å²) in [5, 5.41) is 11.3. The Kier molecular flexibility index (Phi) is 7.29. The van der Waals surface area contributed by atoms with E-state index >= 15 is 0 Å². The van der Waals surface area contributed by atoms with Gasteiger partial charge in [0.1, 0.15) is 23.6 Å². The third-order valence-corrected chi connectivity index (χ3v) is 5.81. The molecule has 2 aromatic carbocycles. The Labute approximate surface area is 204 Å². The Hall–Kier alpha value is -3.94. The maximum atomic E-state index is 13.9. The van der Waals surface area contributed by atoms with Crippen LogP contribution in [0.15, 0.2) is 65.1 Å². The fourth-order valence-electron chi connectivity index (χ4n) is 4.01. The first kappa shape index (κ1) is 24.2. The Morgan fingerprint density at radius 3 is 2.57 bits per heavy atom. The number of benzene rings is 2. The summed E-state index contributed by atoms with van der Waals surface area (Å²) >= 11 is 0. The number of hydrogen-bond acceptors (Lipinski definition) is 5. The van der Waals surface area contributed by atoms with Crippen molar-refractivity contribution in [2.75, 3.05) is 11.4 Å². The number of rotatable bonds is 9. The predicted octanol–water partition coefficient (Wildman–Crippen LogP) is 4.58. The molecule has 0 unspecified atom stereocenters. The molecule has 0 saturated carbocycles. The third kappa shape index (κ3) is 5.59. The summed E-state index contributed by atoms with van der Waals surface area (Å²) in [6, 6.07) is 17.6. The van der Waals surface area contributed by atoms with Crippen LogP contribution in [0.4, 0.5) is 5.69 Å². The number of amides is 2. The lowest BCUT2D eigenvalue weighted by Crippen LogP contribution is -2.45. The van der Waals surface area contributed by atoms with E-state index in [2.05, 4.69) is 29.5 Å². The van der Waals surface area contributed by atoms with Gasteiger partial charge in [0.15, 0.2) is 6.04 Å². The average molecular weight is 474 g/mol. The number of furan rings is 1. The zero-order valence-corrected chi connectivity index (χ0v) is 20.6. The fraction of sp³-hybridized carbons (Fsp3) is 0.333. The topological polar surface area (TPSA) is 93.3 Å². The highest BCUT2D eigenvalue weighted by Crippen LogP contribution is 2.30. The van der Waals surface area contributed by atoms with Gasteiger partial charge in [-0.2, -0.15) is 0 Å². The van der Waals surface area contributed by atoms with Gasteiger partial charge in [-0.1, -0.05) is 43.3 Å². The molecule has 2 amide bonds. The molecule has 0 fully saturated rings. The minimum atomic E-state index is -0.972. The van der Waals surface area contributed by atoms with E-state index < -0.39 is 6.04 Å². The first-order valence-electron chi connectivity index (χ1n) is 11.8. The Balaban J connectivity index is 1.74. The lowest BCUT2D eigenvalue weighted by atomic mass is 10.1. The van der Waals surface area contributed by atoms with E-state index in [1.807, 2.05) is 62.4 Å². The summed E-state index contributed by atoms with van der Waals surface area (Å²) in [6.45, 7) is 8.40. The van der Waals surface area contributed by atoms with E-state index in [1.54, 1.807) is 16.8 Å². The standard InChI is InChI=1S/C27H31N5O3/c1-18(2)14-15-28-27(34)26(24-13-12-20(4)35-24)32(21-9-7-8-19(3)16-21)25(33)17-31-23-11-6-5-10-22(23)29-30-31/h5-13,16,18,26H,14-15,17H2,1-4H3,(H,28,34)/t26-/m0/s1. The van der Waals surface area contributed by atoms with Gasteiger partial charge in [-0.05, 0) is 68.1 Å². The molecule has 0 aliphatic carbocycles. The van der Waals surface area contributed by atoms with Crippen LogP contribution in [-0.4, -0.2) is 33.4 Å². The van der Waals surface area contributed by atoms with E-state index in [-0.39, 0.29) is 18.4 Å². The highest BCUT2D eigenvalue weighted by Gasteiger charge is 2.35. The van der Waals surface area contributed by atoms with Crippen molar-refractivity contribution in [3.05, 3.63) is 77.7 Å². The third-order valence-electron chi connectivity index (χ3n) is 5.81. The SMILES string of the molecule is Cc1cccc(N(C(=O)Cn2nnc3ccccc32)[C@H](C(=O)NCCC(C)C)c2ccc(C)o2)c1. The molecule has 4 rings (SSSR count). The Morgan fingerprint density at radius 1 is 1.06 bits per heavy atom. The van der Waals surface area contributed by atoms with Gasteiger partial charge in [-0.25, -0.2) is 4.68 Å². The maximum Gasteiger partial charge on any atom is 0.251 e. The van der Waals surface area contributed by atoms with E-state index in [0.717, 1.165) is 17.5 Å². The van der Waals surface area contributed by atoms with Crippen molar-refractivity contribution in [2.45, 2.75) is 46.7 Å². The van der Waals surface area contributed by atoms with Crippen molar-refractivity contribution < 1.29 is 14.0 Å². The average Bonchev–Trinajstić information content (AvgIpc) is 3.43. The molecule has 2 aromatic heterocycles. The number of para-hydroxylation sites is 1. The minimum absolute atomic E-state index is 0.0794. The van der Waals surface area contributed by atoms with Gasteiger partial charge in [-0.3, -0.25) is 14.5 Å². The van der Waals surface area contributed by atoms with Crippen LogP contribution in [0, 0.1) is 19.8 Å². The highest BCUT2D eigenvalue weighted by molar-refractivity contribution is 6.01. The Bertz CT molecular complexity index is 1320. The second-order valence-electron chi connectivity index (χ2n) is 9.16. The van der Waals surface area contributed by atoms with Crippen LogP contribution < -0.4 is 10.2 Å². The molecule has 4 aromatic rings. The minimum Gasteiger partial charge on any atom is -0.464 e. The predicted molar refractivity (Wildman–Crippen MR) is 135 cm³/mol. The monoisotopic (exact) mass is 473 g/mol. The molecule has 35 heavy (non-hydrogen) atoms. The molecule has 0 radical (unpaired) electrons. The Morgan fingerprint density at radius 2 is 1.86 bits per heavy atom. The van der Waals surface area contributed by atoms with Crippen molar-refractivity contribution in [1.82, 2.24) is 20.3 Å². The van der Waals surface area contributed by atoms with E-state index in [1.165, 1.54) is 4.90 Å². The van der Waals surface area contributed by atoms with Crippen LogP contribution in [0.3, 0.4) is 0 Å². The number of anilines is 1. The molecular weight excluding hydrogens is 442 g/mol. The molecule has 0 saturated heterocycles. The molecule has 1 atom stereocenters. The molecule has 1 N–H and O–H groups in total. The number of carbonyl (C=O) groups excluding carboxylic acids is 2. The van der Waals surface area contributed by atoms with Gasteiger partial charge in [-0.15, -0.1) is 5.10 Å². The number of carbonyl (C=O) groups is 2. The summed E-state index contributed by atoms with van der Waals surface area (Å²) in [6.07, 6.45) is 0.832. The summed E-state index contributed by atoms with van der Waals surface area (Å²) in [4.78, 5) is 28.9. The van der Waals surface area contributed by atoms with Gasteiger partial charge in [0, 0.05) is 12.2 Å². The lowest BCUT2D eigenvalue weighted by molar-refractivity contribution is -0.127. The molecule has 0 aliphatic heterocycles. The van der Waals surface area contributed by atoms with Gasteiger partial charge in [0.05, 0.1) is 5.52 Å². The number of fused-ring (bicyclic) bond motifs is 1. The normalized spacial score (nSPS) is 12.1. The molecule has 0 aliphatic rings. The van der Waals surface area contributed by atoms with Crippen LogP contribution >= 0.6 is 0 Å². The van der Waals surface area contributed by atoms with Crippen LogP contribution in [-0.2, 0) is 16.1 Å². The van der Waals surface area contributed by atoms with Crippen molar-refractivity contribution in [2.24, 2.45) is 5.92 Å². The van der Waals surface area contributed by atoms with E-state index in [0.29, 0.717) is 35.2 Å². The van der Waals surface area contributed by atoms with Crippen LogP contribution in [0.5, 0.6) is 0 Å². The number of hydrogen-bond donors (Lipinski definition) is 1. The smallest absolute Gasteiger partial charge is 0.251 e. The lowest BCUT2D eigenvalue weighted by Gasteiger charge is -2.30. The van der Waals surface area contributed by atoms with Crippen molar-refractivity contribution in [3.8, 4) is 0 Å². The van der Waals surface area contributed by atoms with Crippen LogP contribution in [0.1, 0.15) is 43.4 Å². The molecule has 182 valence electrons. The summed E-state index contributed by atoms with van der Waals surface area (Å²) in [5.41, 5.74) is 3.03. The molecule has 0 bridgehead atoms. The number of aromatic nitrogens is 3. The number of aryl methyl sites for hydroxylation is 2. The van der Waals surface area contributed by atoms with E-state index in [9.17, 15) is 9.59 Å². The second-order valence-corrected chi connectivity index (χ2v) is 9.16. The zero-order valence-electron chi connectivity index (χ0n) is 20.6. The van der Waals surface area contributed by atoms with Crippen molar-refractivity contribution in [3.63, 3.8) is 0 Å². The van der Waals surface area contributed by atoms with Crippen LogP contribution in [0.25, 0.3) is 11.0 Å². The van der Waals surface area contributed by atoms with Gasteiger partial charge in [0.25, 0.3) is 5.91 Å². The molecule has 2 heterocycles. The summed E-state index contributed by atoms with van der Waals surface area (Å²) < 4.78 is 7.45. The largest absolute Gasteiger partial charge is 0.464 e. The molecular formula is C27H31N5O3. The van der Waals surface area contributed by atoms with Crippen molar-refractivity contribution in [1.29, 1.82) is 0 Å². The molecule has 8 nitrogen and oxygen atoms in total. The molecule has 0 spiro atoms. The number of nitrogens with one attached hydrogen (secondary N) is 1. The number of nitrogens with zero attached hydrogens (tertiary/aromatic N) is 4. The zero-order chi connectivity index (χ0) is 24.9. The first-order valence-corrected chi connectivity index (χ1v) is 11.8. The maximum absolute atomic E-state index is 13.9. The van der Waals surface area contributed by atoms with Crippen LogP contribution in [0.2, 0.25) is 0 Å². The summed E-state index contributed by atoms with van der Waals surface area (Å²) in [7, 11) is 0. The quantitative estimate of drug-likeness (QED) is 0.384. The highest BCUT2D eigenvalue weighted by atomic mass is 16.3.